The third-order valence-electron chi connectivity index (χ3n) is 2.19. The molecule has 2 amide bonds. The lowest BCUT2D eigenvalue weighted by molar-refractivity contribution is -0.129. The Kier molecular flexibility index (Phi) is 3.05. The molecule has 0 saturated carbocycles. The Bertz CT molecular complexity index is 530. The Balaban J connectivity index is 2.19. The van der Waals surface area contributed by atoms with Crippen LogP contribution in [0.3, 0.4) is 0 Å². The maximum atomic E-state index is 11.1. The Morgan fingerprint density at radius 2 is 1.67 bits per heavy atom. The van der Waals surface area contributed by atoms with Gasteiger partial charge in [0.15, 0.2) is 0 Å². The first-order valence-electron chi connectivity index (χ1n) is 5.06. The summed E-state index contributed by atoms with van der Waals surface area (Å²) in [5, 5.41) is 13.5. The highest BCUT2D eigenvalue weighted by Crippen LogP contribution is 2.13. The highest BCUT2D eigenvalue weighted by molar-refractivity contribution is 6.16. The van der Waals surface area contributed by atoms with Crippen LogP contribution in [0.4, 0.5) is 5.69 Å². The minimum atomic E-state index is -1.03. The summed E-state index contributed by atoms with van der Waals surface area (Å²) < 4.78 is 0. The van der Waals surface area contributed by atoms with Gasteiger partial charge in [-0.25, -0.2) is 9.79 Å². The van der Waals surface area contributed by atoms with Crippen LogP contribution in [0, 0.1) is 0 Å². The first-order chi connectivity index (χ1) is 8.54. The largest absolute Gasteiger partial charge is 0.478 e. The van der Waals surface area contributed by atoms with E-state index in [1.165, 1.54) is 24.3 Å². The minimum absolute atomic E-state index is 0.0410. The van der Waals surface area contributed by atoms with E-state index < -0.39 is 17.8 Å². The third kappa shape index (κ3) is 2.70. The van der Waals surface area contributed by atoms with Crippen molar-refractivity contribution in [2.45, 2.75) is 6.42 Å². The van der Waals surface area contributed by atoms with Gasteiger partial charge in [0, 0.05) is 0 Å². The molecule has 1 aromatic rings. The first kappa shape index (κ1) is 11.8. The van der Waals surface area contributed by atoms with Crippen LogP contribution in [-0.4, -0.2) is 28.8 Å². The summed E-state index contributed by atoms with van der Waals surface area (Å²) in [6.07, 6.45) is -0.225. The number of aliphatic imine (C=N–C) groups is 1. The maximum Gasteiger partial charge on any atom is 0.335 e. The number of nitrogens with zero attached hydrogens (tertiary/aromatic N) is 1. The average Bonchev–Trinajstić information content (AvgIpc) is 2.28. The lowest BCUT2D eigenvalue weighted by Crippen LogP contribution is -2.50. The molecule has 0 unspecified atom stereocenters. The number of nitrogens with one attached hydrogen (secondary N) is 2. The molecule has 0 bridgehead atoms. The van der Waals surface area contributed by atoms with Crippen molar-refractivity contribution in [2.75, 3.05) is 0 Å². The fourth-order valence-electron chi connectivity index (χ4n) is 1.39. The normalized spacial score (nSPS) is 14.8. The fourth-order valence-corrected chi connectivity index (χ4v) is 1.39. The Morgan fingerprint density at radius 3 is 2.17 bits per heavy atom. The minimum Gasteiger partial charge on any atom is -0.478 e. The molecule has 1 aliphatic heterocycles. The Hall–Kier alpha value is -2.70. The fraction of sp³-hybridized carbons (Fsp3) is 0.0909. The lowest BCUT2D eigenvalue weighted by atomic mass is 10.2. The molecule has 0 aromatic heterocycles. The van der Waals surface area contributed by atoms with E-state index in [9.17, 15) is 14.4 Å². The third-order valence-corrected chi connectivity index (χ3v) is 2.19. The maximum absolute atomic E-state index is 11.1. The molecule has 0 radical (unpaired) electrons. The number of hydrogen-bond acceptors (Lipinski definition) is 4. The van der Waals surface area contributed by atoms with Crippen LogP contribution in [0.1, 0.15) is 16.8 Å². The van der Waals surface area contributed by atoms with Crippen molar-refractivity contribution in [1.29, 1.82) is 0 Å². The van der Waals surface area contributed by atoms with E-state index in [1.54, 1.807) is 0 Å². The number of carbonyl (C=O) groups is 3. The molecule has 7 heteroatoms. The molecule has 0 atom stereocenters. The van der Waals surface area contributed by atoms with E-state index in [2.05, 4.69) is 15.6 Å². The van der Waals surface area contributed by atoms with Crippen molar-refractivity contribution in [3.63, 3.8) is 0 Å². The van der Waals surface area contributed by atoms with Crippen LogP contribution in [0.25, 0.3) is 0 Å². The second-order valence-electron chi connectivity index (χ2n) is 3.59. The molecule has 3 N–H and O–H groups in total. The van der Waals surface area contributed by atoms with Gasteiger partial charge < -0.3 is 5.11 Å². The monoisotopic (exact) mass is 247 g/mol. The molecule has 1 heterocycles. The van der Waals surface area contributed by atoms with Crippen LogP contribution in [0.15, 0.2) is 29.3 Å². The molecule has 1 aromatic carbocycles. The summed E-state index contributed by atoms with van der Waals surface area (Å²) >= 11 is 0. The van der Waals surface area contributed by atoms with Crippen LogP contribution < -0.4 is 10.6 Å². The van der Waals surface area contributed by atoms with Crippen molar-refractivity contribution in [1.82, 2.24) is 10.6 Å². The molecule has 2 rings (SSSR count). The summed E-state index contributed by atoms with van der Waals surface area (Å²) in [4.78, 5) is 36.8. The summed E-state index contributed by atoms with van der Waals surface area (Å²) in [7, 11) is 0. The van der Waals surface area contributed by atoms with Gasteiger partial charge in [-0.05, 0) is 24.3 Å². The van der Waals surface area contributed by atoms with E-state index >= 15 is 0 Å². The predicted molar refractivity (Wildman–Crippen MR) is 61.4 cm³/mol. The molecule has 1 aliphatic rings. The van der Waals surface area contributed by atoms with Gasteiger partial charge in [-0.1, -0.05) is 0 Å². The summed E-state index contributed by atoms with van der Waals surface area (Å²) in [5.74, 6) is -1.85. The van der Waals surface area contributed by atoms with Gasteiger partial charge in [0.25, 0.3) is 0 Å². The van der Waals surface area contributed by atoms with Crippen LogP contribution in [0.2, 0.25) is 0 Å². The van der Waals surface area contributed by atoms with E-state index in [0.717, 1.165) is 0 Å². The number of carboxylic acid groups (broad SMARTS) is 1. The molecular weight excluding hydrogens is 238 g/mol. The predicted octanol–water partition coefficient (Wildman–Crippen LogP) is 0.00840. The second kappa shape index (κ2) is 4.66. The van der Waals surface area contributed by atoms with Gasteiger partial charge in [-0.2, -0.15) is 0 Å². The number of carbonyl (C=O) groups excluding carboxylic acids is 2. The first-order valence-corrected chi connectivity index (χ1v) is 5.06. The standard InChI is InChI=1S/C11H9N3O4/c15-8-5-9(16)14-11(13-8)12-7-3-1-6(2-4-7)10(17)18/h1-4H,5H2,(H,17,18)(H2,12,13,14,15,16). The molecule has 0 spiro atoms. The van der Waals surface area contributed by atoms with E-state index in [4.69, 9.17) is 5.11 Å². The smallest absolute Gasteiger partial charge is 0.335 e. The average molecular weight is 247 g/mol. The molecule has 1 fully saturated rings. The number of amides is 2. The zero-order valence-corrected chi connectivity index (χ0v) is 9.14. The van der Waals surface area contributed by atoms with Gasteiger partial charge in [0.2, 0.25) is 17.8 Å². The molecule has 92 valence electrons. The van der Waals surface area contributed by atoms with Gasteiger partial charge in [0.05, 0.1) is 11.3 Å². The van der Waals surface area contributed by atoms with E-state index in [0.29, 0.717) is 5.69 Å². The quantitative estimate of drug-likeness (QED) is 0.639. The molecule has 18 heavy (non-hydrogen) atoms. The SMILES string of the molecule is O=C1CC(=O)NC(=Nc2ccc(C(=O)O)cc2)N1. The topological polar surface area (TPSA) is 108 Å². The highest BCUT2D eigenvalue weighted by atomic mass is 16.4. The van der Waals surface area contributed by atoms with Gasteiger partial charge >= 0.3 is 5.97 Å². The number of carboxylic acids is 1. The molecular formula is C11H9N3O4. The second-order valence-corrected chi connectivity index (χ2v) is 3.59. The molecule has 7 nitrogen and oxygen atoms in total. The van der Waals surface area contributed by atoms with E-state index in [-0.39, 0.29) is 17.9 Å². The molecule has 0 aliphatic carbocycles. The van der Waals surface area contributed by atoms with Crippen molar-refractivity contribution >= 4 is 29.4 Å². The number of benzene rings is 1. The van der Waals surface area contributed by atoms with Crippen LogP contribution in [0.5, 0.6) is 0 Å². The highest BCUT2D eigenvalue weighted by Gasteiger charge is 2.19. The van der Waals surface area contributed by atoms with Crippen molar-refractivity contribution in [3.8, 4) is 0 Å². The van der Waals surface area contributed by atoms with Crippen LogP contribution in [-0.2, 0) is 9.59 Å². The number of aromatic carboxylic acids is 1. The Morgan fingerprint density at radius 1 is 1.11 bits per heavy atom. The van der Waals surface area contributed by atoms with Gasteiger partial charge in [0.1, 0.15) is 6.42 Å². The summed E-state index contributed by atoms with van der Waals surface area (Å²) in [6, 6.07) is 5.72. The number of guanidine groups is 1. The number of hydrogen-bond donors (Lipinski definition) is 3. The summed E-state index contributed by atoms with van der Waals surface area (Å²) in [5.41, 5.74) is 0.563. The number of rotatable bonds is 2. The van der Waals surface area contributed by atoms with Gasteiger partial charge in [-0.15, -0.1) is 0 Å². The van der Waals surface area contributed by atoms with E-state index in [1.807, 2.05) is 0 Å². The summed E-state index contributed by atoms with van der Waals surface area (Å²) in [6.45, 7) is 0. The zero-order valence-electron chi connectivity index (χ0n) is 9.14. The Labute approximate surface area is 102 Å². The van der Waals surface area contributed by atoms with Crippen molar-refractivity contribution < 1.29 is 19.5 Å². The molecule has 1 saturated heterocycles. The van der Waals surface area contributed by atoms with Crippen molar-refractivity contribution in [3.05, 3.63) is 29.8 Å². The van der Waals surface area contributed by atoms with Gasteiger partial charge in [-0.3, -0.25) is 20.2 Å². The van der Waals surface area contributed by atoms with Crippen LogP contribution >= 0.6 is 0 Å². The van der Waals surface area contributed by atoms with Crippen molar-refractivity contribution in [2.24, 2.45) is 4.99 Å². The lowest BCUT2D eigenvalue weighted by Gasteiger charge is -2.14. The zero-order chi connectivity index (χ0) is 13.1.